The second kappa shape index (κ2) is 9.84. The highest BCUT2D eigenvalue weighted by molar-refractivity contribution is 7.99. The lowest BCUT2D eigenvalue weighted by atomic mass is 10.1. The fourth-order valence-corrected chi connectivity index (χ4v) is 3.48. The van der Waals surface area contributed by atoms with Crippen LogP contribution in [0.3, 0.4) is 0 Å². The molecule has 0 aliphatic heterocycles. The predicted octanol–water partition coefficient (Wildman–Crippen LogP) is 4.15. The highest BCUT2D eigenvalue weighted by atomic mass is 32.2. The van der Waals surface area contributed by atoms with Gasteiger partial charge in [0.15, 0.2) is 11.0 Å². The van der Waals surface area contributed by atoms with Gasteiger partial charge in [-0.25, -0.2) is 0 Å². The fourth-order valence-electron chi connectivity index (χ4n) is 2.48. The first-order valence-corrected chi connectivity index (χ1v) is 9.54. The number of thioether (sulfide) groups is 1. The molecule has 0 aliphatic carbocycles. The highest BCUT2D eigenvalue weighted by Gasteiger charge is 2.17. The van der Waals surface area contributed by atoms with E-state index >= 15 is 0 Å². The Hall–Kier alpha value is -2.51. The number of nitrogens with zero attached hydrogens (tertiary/aromatic N) is 5. The molecule has 1 aromatic carbocycles. The summed E-state index contributed by atoms with van der Waals surface area (Å²) in [6.45, 7) is 5.10. The minimum Gasteiger partial charge on any atom is -0.497 e. The van der Waals surface area contributed by atoms with E-state index in [2.05, 4.69) is 40.8 Å². The number of benzene rings is 1. The van der Waals surface area contributed by atoms with Crippen molar-refractivity contribution in [2.24, 2.45) is 11.8 Å². The van der Waals surface area contributed by atoms with Gasteiger partial charge in [-0.1, -0.05) is 25.6 Å². The fraction of sp³-hybridized carbons (Fsp3) is 0.474. The van der Waals surface area contributed by atoms with Crippen molar-refractivity contribution >= 4 is 11.8 Å². The van der Waals surface area contributed by atoms with Crippen molar-refractivity contribution in [1.82, 2.24) is 14.8 Å². The normalized spacial score (nSPS) is 11.8. The van der Waals surface area contributed by atoms with E-state index in [1.54, 1.807) is 7.11 Å². The van der Waals surface area contributed by atoms with Crippen LogP contribution in [0.1, 0.15) is 26.7 Å². The summed E-state index contributed by atoms with van der Waals surface area (Å²) < 4.78 is 7.32. The van der Waals surface area contributed by atoms with Gasteiger partial charge >= 0.3 is 0 Å². The summed E-state index contributed by atoms with van der Waals surface area (Å²) in [6, 6.07) is 12.1. The number of nitriles is 2. The molecule has 0 N–H and O–H groups in total. The van der Waals surface area contributed by atoms with Gasteiger partial charge in [0.25, 0.3) is 0 Å². The van der Waals surface area contributed by atoms with Crippen LogP contribution in [0.2, 0.25) is 0 Å². The molecule has 0 spiro atoms. The predicted molar refractivity (Wildman–Crippen MR) is 102 cm³/mol. The van der Waals surface area contributed by atoms with Crippen molar-refractivity contribution in [3.05, 3.63) is 24.3 Å². The van der Waals surface area contributed by atoms with Crippen LogP contribution in [0.25, 0.3) is 11.4 Å². The number of methoxy groups -OCH3 is 1. The molecule has 2 aromatic rings. The Morgan fingerprint density at radius 1 is 1.19 bits per heavy atom. The Balaban J connectivity index is 2.22. The number of ether oxygens (including phenoxy) is 1. The van der Waals surface area contributed by atoms with E-state index in [0.717, 1.165) is 28.8 Å². The Bertz CT molecular complexity index is 786. The standard InChI is InChI=1S/C19H23N5OS/c1-14(2)12-24-18(16-6-8-17(25-3)9-7-16)22-23-19(24)26-13-15(11-21)5-4-10-20/h6-9,14-15H,4-5,12-13H2,1-3H3/t15-/m0/s1. The molecule has 0 radical (unpaired) electrons. The molecule has 1 atom stereocenters. The van der Waals surface area contributed by atoms with Crippen LogP contribution < -0.4 is 4.74 Å². The van der Waals surface area contributed by atoms with Gasteiger partial charge in [0.2, 0.25) is 0 Å². The second-order valence-electron chi connectivity index (χ2n) is 6.37. The van der Waals surface area contributed by atoms with Crippen molar-refractivity contribution in [3.8, 4) is 29.3 Å². The molecule has 136 valence electrons. The van der Waals surface area contributed by atoms with Crippen LogP contribution >= 0.6 is 11.8 Å². The lowest BCUT2D eigenvalue weighted by Crippen LogP contribution is -2.09. The van der Waals surface area contributed by atoms with Gasteiger partial charge in [-0.15, -0.1) is 10.2 Å². The van der Waals surface area contributed by atoms with Gasteiger partial charge in [-0.05, 0) is 36.6 Å². The number of rotatable bonds is 9. The molecule has 0 saturated carbocycles. The summed E-state index contributed by atoms with van der Waals surface area (Å²) in [6.07, 6.45) is 0.984. The largest absolute Gasteiger partial charge is 0.497 e. The van der Waals surface area contributed by atoms with Gasteiger partial charge < -0.3 is 9.30 Å². The molecule has 0 saturated heterocycles. The lowest BCUT2D eigenvalue weighted by Gasteiger charge is -2.13. The zero-order valence-electron chi connectivity index (χ0n) is 15.3. The Morgan fingerprint density at radius 3 is 2.50 bits per heavy atom. The Morgan fingerprint density at radius 2 is 1.92 bits per heavy atom. The van der Waals surface area contributed by atoms with Crippen LogP contribution in [-0.2, 0) is 6.54 Å². The van der Waals surface area contributed by atoms with Crippen LogP contribution in [0.4, 0.5) is 0 Å². The van der Waals surface area contributed by atoms with Crippen LogP contribution in [0.5, 0.6) is 5.75 Å². The maximum atomic E-state index is 9.25. The lowest BCUT2D eigenvalue weighted by molar-refractivity contribution is 0.415. The molecular formula is C19H23N5OS. The molecule has 0 aliphatic rings. The third-order valence-corrected chi connectivity index (χ3v) is 4.94. The molecular weight excluding hydrogens is 346 g/mol. The molecule has 0 fully saturated rings. The zero-order chi connectivity index (χ0) is 18.9. The van der Waals surface area contributed by atoms with Gasteiger partial charge in [0.1, 0.15) is 5.75 Å². The van der Waals surface area contributed by atoms with Gasteiger partial charge in [-0.3, -0.25) is 0 Å². The molecule has 1 aromatic heterocycles. The van der Waals surface area contributed by atoms with Crippen molar-refractivity contribution in [2.75, 3.05) is 12.9 Å². The average Bonchev–Trinajstić information content (AvgIpc) is 3.04. The summed E-state index contributed by atoms with van der Waals surface area (Å²) in [5.74, 6) is 2.50. The first-order valence-electron chi connectivity index (χ1n) is 8.56. The molecule has 6 nitrogen and oxygen atoms in total. The third-order valence-electron chi connectivity index (χ3n) is 3.81. The maximum absolute atomic E-state index is 9.25. The molecule has 0 bridgehead atoms. The molecule has 0 unspecified atom stereocenters. The number of aromatic nitrogens is 3. The third kappa shape index (κ3) is 5.24. The number of hydrogen-bond acceptors (Lipinski definition) is 6. The quantitative estimate of drug-likeness (QED) is 0.617. The minimum absolute atomic E-state index is 0.159. The van der Waals surface area contributed by atoms with Crippen LogP contribution in [0, 0.1) is 34.5 Å². The summed E-state index contributed by atoms with van der Waals surface area (Å²) >= 11 is 1.53. The van der Waals surface area contributed by atoms with E-state index < -0.39 is 0 Å². The highest BCUT2D eigenvalue weighted by Crippen LogP contribution is 2.28. The van der Waals surface area contributed by atoms with E-state index in [4.69, 9.17) is 10.00 Å². The van der Waals surface area contributed by atoms with Crippen LogP contribution in [-0.4, -0.2) is 27.6 Å². The smallest absolute Gasteiger partial charge is 0.191 e. The molecule has 1 heterocycles. The van der Waals surface area contributed by atoms with E-state index in [-0.39, 0.29) is 5.92 Å². The van der Waals surface area contributed by atoms with Gasteiger partial charge in [0.05, 0.1) is 25.2 Å². The average molecular weight is 369 g/mol. The first-order chi connectivity index (χ1) is 12.6. The van der Waals surface area contributed by atoms with Crippen LogP contribution in [0.15, 0.2) is 29.4 Å². The van der Waals surface area contributed by atoms with E-state index in [9.17, 15) is 5.26 Å². The summed E-state index contributed by atoms with van der Waals surface area (Å²) in [5, 5.41) is 27.5. The van der Waals surface area contributed by atoms with Gasteiger partial charge in [-0.2, -0.15) is 10.5 Å². The Labute approximate surface area is 158 Å². The molecule has 0 amide bonds. The van der Waals surface area contributed by atoms with E-state index in [1.807, 2.05) is 24.3 Å². The summed E-state index contributed by atoms with van der Waals surface area (Å²) in [4.78, 5) is 0. The summed E-state index contributed by atoms with van der Waals surface area (Å²) in [5.41, 5.74) is 0.979. The van der Waals surface area contributed by atoms with Crippen molar-refractivity contribution in [2.45, 2.75) is 38.4 Å². The zero-order valence-corrected chi connectivity index (χ0v) is 16.2. The van der Waals surface area contributed by atoms with E-state index in [0.29, 0.717) is 24.5 Å². The molecule has 7 heteroatoms. The van der Waals surface area contributed by atoms with Gasteiger partial charge in [0, 0.05) is 24.3 Å². The van der Waals surface area contributed by atoms with Crippen molar-refractivity contribution in [1.29, 1.82) is 10.5 Å². The SMILES string of the molecule is COc1ccc(-c2nnc(SC[C@H](C#N)CCC#N)n2CC(C)C)cc1. The Kier molecular flexibility index (Phi) is 7.50. The first kappa shape index (κ1) is 19.8. The van der Waals surface area contributed by atoms with E-state index in [1.165, 1.54) is 11.8 Å². The number of hydrogen-bond donors (Lipinski definition) is 0. The summed E-state index contributed by atoms with van der Waals surface area (Å²) in [7, 11) is 1.64. The molecule has 2 rings (SSSR count). The topological polar surface area (TPSA) is 87.5 Å². The van der Waals surface area contributed by atoms with Crippen molar-refractivity contribution in [3.63, 3.8) is 0 Å². The maximum Gasteiger partial charge on any atom is 0.191 e. The van der Waals surface area contributed by atoms with Crippen molar-refractivity contribution < 1.29 is 4.74 Å². The minimum atomic E-state index is -0.159. The monoisotopic (exact) mass is 369 g/mol. The molecule has 26 heavy (non-hydrogen) atoms. The second-order valence-corrected chi connectivity index (χ2v) is 7.36.